The molecule has 10 nitrogen and oxygen atoms in total. The maximum absolute atomic E-state index is 11.2. The summed E-state index contributed by atoms with van der Waals surface area (Å²) in [5, 5.41) is 38.1. The molecule has 2 saturated carbocycles. The smallest absolute Gasteiger partial charge is 0.354 e. The summed E-state index contributed by atoms with van der Waals surface area (Å²) in [4.78, 5) is 30.6. The second-order valence-electron chi connectivity index (χ2n) is 9.82. The molecular formula is C26H32N2O8. The lowest BCUT2D eigenvalue weighted by molar-refractivity contribution is -0.0292. The van der Waals surface area contributed by atoms with E-state index < -0.39 is 11.9 Å². The molecule has 6 atom stereocenters. The van der Waals surface area contributed by atoms with Crippen LogP contribution in [-0.2, 0) is 0 Å². The van der Waals surface area contributed by atoms with Crippen molar-refractivity contribution in [3.63, 3.8) is 0 Å². The number of aromatic carboxylic acids is 2. The molecule has 0 amide bonds. The van der Waals surface area contributed by atoms with E-state index in [0.717, 1.165) is 25.7 Å². The molecule has 0 spiro atoms. The average molecular weight is 501 g/mol. The van der Waals surface area contributed by atoms with Gasteiger partial charge in [-0.15, -0.1) is 0 Å². The van der Waals surface area contributed by atoms with Crippen LogP contribution in [0.5, 0.6) is 11.8 Å². The first-order valence-corrected chi connectivity index (χ1v) is 12.3. The zero-order chi connectivity index (χ0) is 25.7. The number of rotatable bonds is 10. The van der Waals surface area contributed by atoms with Crippen LogP contribution in [-0.4, -0.2) is 68.8 Å². The third-order valence-electron chi connectivity index (χ3n) is 7.67. The highest BCUT2D eigenvalue weighted by Crippen LogP contribution is 2.49. The molecule has 2 unspecified atom stereocenters. The van der Waals surface area contributed by atoms with Crippen LogP contribution in [0.15, 0.2) is 36.4 Å². The molecule has 36 heavy (non-hydrogen) atoms. The summed E-state index contributed by atoms with van der Waals surface area (Å²) in [6, 6.07) is 9.24. The normalized spacial score (nSPS) is 27.6. The van der Waals surface area contributed by atoms with Gasteiger partial charge in [0.1, 0.15) is 0 Å². The van der Waals surface area contributed by atoms with Gasteiger partial charge >= 0.3 is 11.9 Å². The molecule has 2 aromatic heterocycles. The molecule has 2 aromatic rings. The number of hydrogen-bond donors (Lipinski definition) is 4. The Morgan fingerprint density at radius 3 is 1.44 bits per heavy atom. The molecule has 4 rings (SSSR count). The van der Waals surface area contributed by atoms with Gasteiger partial charge in [0.25, 0.3) is 0 Å². The van der Waals surface area contributed by atoms with E-state index in [-0.39, 0.29) is 60.0 Å². The molecule has 0 aromatic carbocycles. The fraction of sp³-hybridized carbons (Fsp3) is 0.538. The van der Waals surface area contributed by atoms with E-state index in [1.54, 1.807) is 24.3 Å². The van der Waals surface area contributed by atoms with Gasteiger partial charge in [-0.1, -0.05) is 12.1 Å². The Kier molecular flexibility index (Phi) is 8.37. The predicted octanol–water partition coefficient (Wildman–Crippen LogP) is 2.60. The van der Waals surface area contributed by atoms with E-state index in [4.69, 9.17) is 9.47 Å². The maximum Gasteiger partial charge on any atom is 0.354 e. The summed E-state index contributed by atoms with van der Waals surface area (Å²) in [6.07, 6.45) is 3.36. The molecule has 2 heterocycles. The highest BCUT2D eigenvalue weighted by atomic mass is 16.5. The predicted molar refractivity (Wildman–Crippen MR) is 127 cm³/mol. The number of aliphatic hydroxyl groups excluding tert-OH is 2. The van der Waals surface area contributed by atoms with Crippen molar-refractivity contribution in [3.8, 4) is 11.8 Å². The lowest BCUT2D eigenvalue weighted by Gasteiger charge is -2.47. The Balaban J connectivity index is 1.48. The van der Waals surface area contributed by atoms with Crippen LogP contribution in [0.1, 0.15) is 46.7 Å². The van der Waals surface area contributed by atoms with Crippen LogP contribution in [0.3, 0.4) is 0 Å². The lowest BCUT2D eigenvalue weighted by Crippen LogP contribution is -2.44. The minimum absolute atomic E-state index is 0.0552. The average Bonchev–Trinajstić information content (AvgIpc) is 2.89. The lowest BCUT2D eigenvalue weighted by atomic mass is 9.59. The van der Waals surface area contributed by atoms with Crippen molar-refractivity contribution >= 4 is 11.9 Å². The van der Waals surface area contributed by atoms with Crippen molar-refractivity contribution in [3.05, 3.63) is 47.8 Å². The molecule has 0 aliphatic heterocycles. The van der Waals surface area contributed by atoms with Gasteiger partial charge in [-0.3, -0.25) is 0 Å². The van der Waals surface area contributed by atoms with Gasteiger partial charge in [0, 0.05) is 25.3 Å². The van der Waals surface area contributed by atoms with Crippen LogP contribution in [0.2, 0.25) is 0 Å². The van der Waals surface area contributed by atoms with Crippen molar-refractivity contribution in [1.29, 1.82) is 0 Å². The van der Waals surface area contributed by atoms with Gasteiger partial charge in [0.05, 0.1) is 13.2 Å². The van der Waals surface area contributed by atoms with Gasteiger partial charge in [-0.25, -0.2) is 19.6 Å². The van der Waals surface area contributed by atoms with E-state index in [2.05, 4.69) is 9.97 Å². The molecule has 2 fully saturated rings. The van der Waals surface area contributed by atoms with Crippen LogP contribution >= 0.6 is 0 Å². The number of carboxylic acids is 2. The Bertz CT molecular complexity index is 980. The van der Waals surface area contributed by atoms with E-state index in [0.29, 0.717) is 25.0 Å². The van der Waals surface area contributed by atoms with E-state index in [1.807, 2.05) is 0 Å². The number of aromatic nitrogens is 2. The topological polar surface area (TPSA) is 159 Å². The van der Waals surface area contributed by atoms with Crippen LogP contribution in [0, 0.1) is 35.5 Å². The van der Waals surface area contributed by atoms with E-state index in [1.165, 1.54) is 12.1 Å². The van der Waals surface area contributed by atoms with Crippen molar-refractivity contribution in [2.45, 2.75) is 25.7 Å². The number of pyridine rings is 2. The first-order chi connectivity index (χ1) is 17.4. The zero-order valence-electron chi connectivity index (χ0n) is 19.9. The zero-order valence-corrected chi connectivity index (χ0v) is 19.9. The number of aliphatic hydroxyl groups is 2. The van der Waals surface area contributed by atoms with Crippen molar-refractivity contribution < 1.29 is 39.5 Å². The highest BCUT2D eigenvalue weighted by molar-refractivity contribution is 5.85. The molecule has 2 aliphatic rings. The summed E-state index contributed by atoms with van der Waals surface area (Å²) in [6.45, 7) is 0.756. The number of carboxylic acid groups (broad SMARTS) is 2. The molecule has 10 heteroatoms. The minimum atomic E-state index is -1.13. The van der Waals surface area contributed by atoms with Crippen LogP contribution in [0.4, 0.5) is 0 Å². The van der Waals surface area contributed by atoms with Gasteiger partial charge in [0.15, 0.2) is 11.4 Å². The van der Waals surface area contributed by atoms with Crippen molar-refractivity contribution in [1.82, 2.24) is 9.97 Å². The molecule has 0 bridgehead atoms. The number of fused-ring (bicyclic) bond motifs is 1. The summed E-state index contributed by atoms with van der Waals surface area (Å²) >= 11 is 0. The van der Waals surface area contributed by atoms with Crippen LogP contribution in [0.25, 0.3) is 0 Å². The first kappa shape index (κ1) is 25.8. The monoisotopic (exact) mass is 500 g/mol. The fourth-order valence-corrected chi connectivity index (χ4v) is 5.76. The Labute approximate surface area is 208 Å². The van der Waals surface area contributed by atoms with Gasteiger partial charge in [-0.05, 0) is 73.3 Å². The number of hydrogen-bond acceptors (Lipinski definition) is 8. The first-order valence-electron chi connectivity index (χ1n) is 12.3. The number of carbonyl (C=O) groups is 2. The molecule has 0 saturated heterocycles. The third kappa shape index (κ3) is 6.11. The summed E-state index contributed by atoms with van der Waals surface area (Å²) in [7, 11) is 0. The Morgan fingerprint density at radius 1 is 0.694 bits per heavy atom. The quantitative estimate of drug-likeness (QED) is 0.382. The Hall–Kier alpha value is -3.24. The highest BCUT2D eigenvalue weighted by Gasteiger charge is 2.43. The second kappa shape index (κ2) is 11.7. The van der Waals surface area contributed by atoms with Gasteiger partial charge in [0.2, 0.25) is 11.8 Å². The van der Waals surface area contributed by atoms with Crippen molar-refractivity contribution in [2.24, 2.45) is 35.5 Å². The molecule has 194 valence electrons. The van der Waals surface area contributed by atoms with Crippen LogP contribution < -0.4 is 9.47 Å². The maximum atomic E-state index is 11.2. The van der Waals surface area contributed by atoms with Gasteiger partial charge < -0.3 is 29.9 Å². The number of nitrogens with zero attached hydrogens (tertiary/aromatic N) is 2. The standard InChI is InChI=1S/C26H32N2O8/c29-11-17-7-15-9-19(13-35-23-5-1-3-21(27-23)25(31)32)20(10-16(15)8-18(17)12-30)14-36-24-6-2-4-22(28-24)26(33)34/h1-6,15-20,29-30H,7-14H2,(H,31,32)(H,33,34)/t15?,16?,17-,18-,19+,20+/m0/s1. The Morgan fingerprint density at radius 2 is 1.08 bits per heavy atom. The van der Waals surface area contributed by atoms with E-state index >= 15 is 0 Å². The fourth-order valence-electron chi connectivity index (χ4n) is 5.76. The van der Waals surface area contributed by atoms with Crippen molar-refractivity contribution in [2.75, 3.05) is 26.4 Å². The summed E-state index contributed by atoms with van der Waals surface area (Å²) in [5.74, 6) is -0.718. The van der Waals surface area contributed by atoms with E-state index in [9.17, 15) is 30.0 Å². The molecule has 2 aliphatic carbocycles. The van der Waals surface area contributed by atoms with Gasteiger partial charge in [-0.2, -0.15) is 0 Å². The third-order valence-corrected chi connectivity index (χ3v) is 7.67. The SMILES string of the molecule is O=C(O)c1cccc(OC[C@H]2CC3C[C@@H](CO)[C@H](CO)CC3C[C@@H]2COc2cccc(C(=O)O)n2)n1. The second-order valence-corrected chi connectivity index (χ2v) is 9.82. The minimum Gasteiger partial charge on any atom is -0.477 e. The number of ether oxygens (including phenoxy) is 2. The molecule has 4 N–H and O–H groups in total. The summed E-state index contributed by atoms with van der Waals surface area (Å²) < 4.78 is 11.9. The molecular weight excluding hydrogens is 468 g/mol. The largest absolute Gasteiger partial charge is 0.477 e. The molecule has 0 radical (unpaired) electrons. The summed E-state index contributed by atoms with van der Waals surface area (Å²) in [5.41, 5.74) is -0.179.